The maximum Gasteiger partial charge on any atom is 0.335 e. The van der Waals surface area contributed by atoms with Gasteiger partial charge in [0.1, 0.15) is 5.78 Å². The number of hydrogen-bond acceptors (Lipinski definition) is 3. The van der Waals surface area contributed by atoms with Crippen LogP contribution in [0.25, 0.3) is 10.8 Å². The number of carboxylic acid groups (broad SMARTS) is 1. The van der Waals surface area contributed by atoms with Crippen molar-refractivity contribution in [3.8, 4) is 0 Å². The van der Waals surface area contributed by atoms with Gasteiger partial charge in [0.15, 0.2) is 0 Å². The molecule has 0 unspecified atom stereocenters. The molecule has 1 N–H and O–H groups in total. The van der Waals surface area contributed by atoms with Crippen LogP contribution in [-0.4, -0.2) is 21.8 Å². The van der Waals surface area contributed by atoms with Gasteiger partial charge in [0, 0.05) is 30.1 Å². The molecule has 4 heteroatoms. The van der Waals surface area contributed by atoms with Crippen molar-refractivity contribution in [1.82, 2.24) is 4.98 Å². The summed E-state index contributed by atoms with van der Waals surface area (Å²) in [6, 6.07) is 14.9. The van der Waals surface area contributed by atoms with Crippen LogP contribution in [0.4, 0.5) is 0 Å². The summed E-state index contributed by atoms with van der Waals surface area (Å²) in [4.78, 5) is 27.8. The van der Waals surface area contributed by atoms with Crippen molar-refractivity contribution in [2.45, 2.75) is 18.8 Å². The van der Waals surface area contributed by atoms with Crippen molar-refractivity contribution < 1.29 is 14.7 Å². The molecule has 3 aromatic rings. The van der Waals surface area contributed by atoms with E-state index < -0.39 is 5.97 Å². The lowest BCUT2D eigenvalue weighted by Crippen LogP contribution is -2.06. The van der Waals surface area contributed by atoms with E-state index in [9.17, 15) is 9.59 Å². The van der Waals surface area contributed by atoms with Crippen LogP contribution in [0.1, 0.15) is 33.8 Å². The maximum atomic E-state index is 12.6. The average Bonchev–Trinajstić information content (AvgIpc) is 3.43. The first-order chi connectivity index (χ1) is 12.1. The topological polar surface area (TPSA) is 67.3 Å². The van der Waals surface area contributed by atoms with Crippen LogP contribution in [-0.2, 0) is 11.2 Å². The highest BCUT2D eigenvalue weighted by Crippen LogP contribution is 2.48. The molecule has 2 atom stereocenters. The Morgan fingerprint density at radius 3 is 2.80 bits per heavy atom. The summed E-state index contributed by atoms with van der Waals surface area (Å²) in [5.74, 6) is -0.566. The number of carbonyl (C=O) groups excluding carboxylic acids is 1. The third-order valence-corrected chi connectivity index (χ3v) is 4.85. The predicted octanol–water partition coefficient (Wildman–Crippen LogP) is 3.85. The number of carbonyl (C=O) groups is 2. The summed E-state index contributed by atoms with van der Waals surface area (Å²) in [5, 5.41) is 11.2. The average molecular weight is 331 g/mol. The monoisotopic (exact) mass is 331 g/mol. The summed E-state index contributed by atoms with van der Waals surface area (Å²) in [6.45, 7) is 0. The Balaban J connectivity index is 1.47. The van der Waals surface area contributed by atoms with E-state index in [2.05, 4.69) is 4.98 Å². The smallest absolute Gasteiger partial charge is 0.335 e. The highest BCUT2D eigenvalue weighted by Gasteiger charge is 2.43. The fourth-order valence-corrected chi connectivity index (χ4v) is 3.40. The molecule has 0 radical (unpaired) electrons. The summed E-state index contributed by atoms with van der Waals surface area (Å²) in [7, 11) is 0. The van der Waals surface area contributed by atoms with Gasteiger partial charge in [0.25, 0.3) is 0 Å². The highest BCUT2D eigenvalue weighted by atomic mass is 16.4. The van der Waals surface area contributed by atoms with Gasteiger partial charge in [-0.3, -0.25) is 9.78 Å². The molecule has 0 amide bonds. The van der Waals surface area contributed by atoms with Crippen molar-refractivity contribution in [2.24, 2.45) is 5.92 Å². The number of Topliss-reactive ketones (excluding diaryl/α,β-unsaturated/α-hetero) is 1. The molecule has 1 aliphatic rings. The standard InChI is InChI=1S/C21H17NO3/c23-20(9-13-4-5-17-12-22-7-6-14(17)8-13)19-11-18(19)15-2-1-3-16(10-15)21(24)25/h1-8,10,12,18-19H,9,11H2,(H,24,25)/t18-,19+/m0/s1. The molecule has 1 aromatic heterocycles. The van der Waals surface area contributed by atoms with Gasteiger partial charge in [-0.05, 0) is 47.1 Å². The van der Waals surface area contributed by atoms with Crippen LogP contribution in [0, 0.1) is 5.92 Å². The number of benzene rings is 2. The largest absolute Gasteiger partial charge is 0.478 e. The Morgan fingerprint density at radius 2 is 1.96 bits per heavy atom. The minimum atomic E-state index is -0.934. The van der Waals surface area contributed by atoms with Crippen molar-refractivity contribution in [1.29, 1.82) is 0 Å². The number of rotatable bonds is 5. The van der Waals surface area contributed by atoms with E-state index in [-0.39, 0.29) is 23.2 Å². The minimum Gasteiger partial charge on any atom is -0.478 e. The van der Waals surface area contributed by atoms with E-state index in [1.807, 2.05) is 36.5 Å². The van der Waals surface area contributed by atoms with Gasteiger partial charge in [-0.2, -0.15) is 0 Å². The molecule has 0 saturated heterocycles. The van der Waals surface area contributed by atoms with E-state index in [0.29, 0.717) is 6.42 Å². The van der Waals surface area contributed by atoms with Crippen LogP contribution in [0.5, 0.6) is 0 Å². The summed E-state index contributed by atoms with van der Waals surface area (Å²) in [6.07, 6.45) is 4.78. The second-order valence-corrected chi connectivity index (χ2v) is 6.58. The number of hydrogen-bond donors (Lipinski definition) is 1. The molecule has 4 nitrogen and oxygen atoms in total. The zero-order valence-electron chi connectivity index (χ0n) is 13.6. The van der Waals surface area contributed by atoms with Crippen LogP contribution in [0.3, 0.4) is 0 Å². The van der Waals surface area contributed by atoms with Gasteiger partial charge in [-0.1, -0.05) is 30.3 Å². The van der Waals surface area contributed by atoms with Crippen LogP contribution >= 0.6 is 0 Å². The zero-order chi connectivity index (χ0) is 17.4. The van der Waals surface area contributed by atoms with Gasteiger partial charge in [0.2, 0.25) is 0 Å². The quantitative estimate of drug-likeness (QED) is 0.771. The van der Waals surface area contributed by atoms with Crippen LogP contribution < -0.4 is 0 Å². The molecule has 1 aliphatic carbocycles. The number of aromatic nitrogens is 1. The van der Waals surface area contributed by atoms with Gasteiger partial charge >= 0.3 is 5.97 Å². The Kier molecular flexibility index (Phi) is 3.80. The lowest BCUT2D eigenvalue weighted by molar-refractivity contribution is -0.119. The van der Waals surface area contributed by atoms with Crippen LogP contribution in [0.15, 0.2) is 60.9 Å². The summed E-state index contributed by atoms with van der Waals surface area (Å²) >= 11 is 0. The highest BCUT2D eigenvalue weighted by molar-refractivity contribution is 5.90. The molecule has 2 aromatic carbocycles. The Hall–Kier alpha value is -3.01. The van der Waals surface area contributed by atoms with E-state index in [1.54, 1.807) is 24.4 Å². The Labute approximate surface area is 145 Å². The van der Waals surface area contributed by atoms with E-state index in [0.717, 1.165) is 28.3 Å². The zero-order valence-corrected chi connectivity index (χ0v) is 13.6. The van der Waals surface area contributed by atoms with Crippen LogP contribution in [0.2, 0.25) is 0 Å². The SMILES string of the molecule is O=C(O)c1cccc([C@@H]2C[C@H]2C(=O)Cc2ccc3cnccc3c2)c1. The molecular formula is C21H17NO3. The van der Waals surface area contributed by atoms with E-state index >= 15 is 0 Å². The maximum absolute atomic E-state index is 12.6. The lowest BCUT2D eigenvalue weighted by atomic mass is 10.00. The third kappa shape index (κ3) is 3.15. The molecule has 1 heterocycles. The predicted molar refractivity (Wildman–Crippen MR) is 94.7 cm³/mol. The number of carboxylic acids is 1. The summed E-state index contributed by atoms with van der Waals surface area (Å²) in [5.41, 5.74) is 2.23. The number of fused-ring (bicyclic) bond motifs is 1. The molecular weight excluding hydrogens is 314 g/mol. The van der Waals surface area contributed by atoms with Gasteiger partial charge < -0.3 is 5.11 Å². The second kappa shape index (κ2) is 6.13. The first-order valence-corrected chi connectivity index (χ1v) is 8.30. The van der Waals surface area contributed by atoms with Crippen molar-refractivity contribution >= 4 is 22.5 Å². The second-order valence-electron chi connectivity index (χ2n) is 6.58. The molecule has 124 valence electrons. The van der Waals surface area contributed by atoms with E-state index in [1.165, 1.54) is 0 Å². The summed E-state index contributed by atoms with van der Waals surface area (Å²) < 4.78 is 0. The minimum absolute atomic E-state index is 0.00261. The van der Waals surface area contributed by atoms with Gasteiger partial charge in [-0.25, -0.2) is 4.79 Å². The first-order valence-electron chi connectivity index (χ1n) is 8.30. The van der Waals surface area contributed by atoms with Crippen molar-refractivity contribution in [3.63, 3.8) is 0 Å². The number of ketones is 1. The number of nitrogens with zero attached hydrogens (tertiary/aromatic N) is 1. The molecule has 0 aliphatic heterocycles. The lowest BCUT2D eigenvalue weighted by Gasteiger charge is -2.04. The molecule has 0 bridgehead atoms. The molecule has 4 rings (SSSR count). The third-order valence-electron chi connectivity index (χ3n) is 4.85. The van der Waals surface area contributed by atoms with E-state index in [4.69, 9.17) is 5.11 Å². The molecule has 25 heavy (non-hydrogen) atoms. The fourth-order valence-electron chi connectivity index (χ4n) is 3.40. The molecule has 1 fully saturated rings. The Morgan fingerprint density at radius 1 is 1.08 bits per heavy atom. The number of aromatic carboxylic acids is 1. The molecule has 1 saturated carbocycles. The normalized spacial score (nSPS) is 18.9. The van der Waals surface area contributed by atoms with Crippen molar-refractivity contribution in [3.05, 3.63) is 77.6 Å². The van der Waals surface area contributed by atoms with Crippen molar-refractivity contribution in [2.75, 3.05) is 0 Å². The van der Waals surface area contributed by atoms with Gasteiger partial charge in [0.05, 0.1) is 5.56 Å². The van der Waals surface area contributed by atoms with Gasteiger partial charge in [-0.15, -0.1) is 0 Å². The number of pyridine rings is 1. The molecule has 0 spiro atoms. The first kappa shape index (κ1) is 15.5. The fraction of sp³-hybridized carbons (Fsp3) is 0.190. The Bertz CT molecular complexity index is 980.